The van der Waals surface area contributed by atoms with Crippen LogP contribution < -0.4 is 5.73 Å². The summed E-state index contributed by atoms with van der Waals surface area (Å²) in [4.78, 5) is 2.58. The van der Waals surface area contributed by atoms with E-state index in [9.17, 15) is 0 Å². The minimum absolute atomic E-state index is 0.401. The van der Waals surface area contributed by atoms with Gasteiger partial charge in [-0.05, 0) is 51.1 Å². The maximum absolute atomic E-state index is 5.95. The van der Waals surface area contributed by atoms with Crippen LogP contribution in [-0.4, -0.2) is 43.3 Å². The summed E-state index contributed by atoms with van der Waals surface area (Å²) in [6.45, 7) is 6.48. The second-order valence-electron chi connectivity index (χ2n) is 5.43. The van der Waals surface area contributed by atoms with Crippen molar-refractivity contribution in [3.63, 3.8) is 0 Å². The smallest absolute Gasteiger partial charge is 0.0743 e. The maximum Gasteiger partial charge on any atom is 0.0743 e. The van der Waals surface area contributed by atoms with Gasteiger partial charge in [0.1, 0.15) is 0 Å². The Morgan fingerprint density at radius 3 is 2.81 bits per heavy atom. The third kappa shape index (κ3) is 2.96. The first kappa shape index (κ1) is 12.3. The topological polar surface area (TPSA) is 38.5 Å². The summed E-state index contributed by atoms with van der Waals surface area (Å²) in [7, 11) is 0. The molecule has 3 atom stereocenters. The first-order valence-electron chi connectivity index (χ1n) is 6.87. The Balaban J connectivity index is 1.91. The third-order valence-corrected chi connectivity index (χ3v) is 4.16. The lowest BCUT2D eigenvalue weighted by Crippen LogP contribution is -2.48. The minimum Gasteiger partial charge on any atom is -0.377 e. The molecule has 2 rings (SSSR count). The molecule has 3 unspecified atom stereocenters. The summed E-state index contributed by atoms with van der Waals surface area (Å²) in [5, 5.41) is 0. The van der Waals surface area contributed by atoms with Crippen LogP contribution in [0.1, 0.15) is 39.0 Å². The first-order valence-corrected chi connectivity index (χ1v) is 6.87. The standard InChI is InChI=1S/C13H26N2O/c1-11-4-2-7-15(8-6-11)12(10-14)13-5-3-9-16-13/h11-13H,2-10,14H2,1H3. The van der Waals surface area contributed by atoms with Crippen molar-refractivity contribution in [1.29, 1.82) is 0 Å². The molecule has 0 spiro atoms. The molecule has 2 heterocycles. The molecule has 2 N–H and O–H groups in total. The van der Waals surface area contributed by atoms with Crippen molar-refractivity contribution >= 4 is 0 Å². The Labute approximate surface area is 99.3 Å². The predicted molar refractivity (Wildman–Crippen MR) is 66.4 cm³/mol. The van der Waals surface area contributed by atoms with Gasteiger partial charge < -0.3 is 10.5 Å². The zero-order chi connectivity index (χ0) is 11.4. The van der Waals surface area contributed by atoms with E-state index in [1.807, 2.05) is 0 Å². The first-order chi connectivity index (χ1) is 7.81. The molecule has 3 nitrogen and oxygen atoms in total. The van der Waals surface area contributed by atoms with E-state index < -0.39 is 0 Å². The molecule has 0 bridgehead atoms. The van der Waals surface area contributed by atoms with E-state index >= 15 is 0 Å². The average Bonchev–Trinajstić information content (AvgIpc) is 2.71. The summed E-state index contributed by atoms with van der Waals surface area (Å²) in [6, 6.07) is 0.466. The van der Waals surface area contributed by atoms with Gasteiger partial charge in [0.05, 0.1) is 6.10 Å². The molecule has 16 heavy (non-hydrogen) atoms. The number of ether oxygens (including phenoxy) is 1. The monoisotopic (exact) mass is 226 g/mol. The lowest BCUT2D eigenvalue weighted by Gasteiger charge is -2.33. The highest BCUT2D eigenvalue weighted by atomic mass is 16.5. The average molecular weight is 226 g/mol. The van der Waals surface area contributed by atoms with Crippen LogP contribution in [0.25, 0.3) is 0 Å². The van der Waals surface area contributed by atoms with E-state index in [1.54, 1.807) is 0 Å². The molecule has 0 aromatic heterocycles. The molecule has 0 aromatic carbocycles. The summed E-state index contributed by atoms with van der Waals surface area (Å²) >= 11 is 0. The van der Waals surface area contributed by atoms with Crippen LogP contribution in [0.3, 0.4) is 0 Å². The van der Waals surface area contributed by atoms with E-state index in [0.29, 0.717) is 12.1 Å². The van der Waals surface area contributed by atoms with Gasteiger partial charge in [0, 0.05) is 19.2 Å². The predicted octanol–water partition coefficient (Wildman–Crippen LogP) is 1.61. The van der Waals surface area contributed by atoms with Gasteiger partial charge in [-0.1, -0.05) is 6.92 Å². The second kappa shape index (κ2) is 5.99. The van der Waals surface area contributed by atoms with Crippen molar-refractivity contribution in [2.75, 3.05) is 26.2 Å². The Hall–Kier alpha value is -0.120. The second-order valence-corrected chi connectivity index (χ2v) is 5.43. The zero-order valence-electron chi connectivity index (χ0n) is 10.5. The molecule has 2 saturated heterocycles. The van der Waals surface area contributed by atoms with Gasteiger partial charge in [-0.2, -0.15) is 0 Å². The van der Waals surface area contributed by atoms with Gasteiger partial charge in [-0.15, -0.1) is 0 Å². The summed E-state index contributed by atoms with van der Waals surface area (Å²) in [5.74, 6) is 0.882. The van der Waals surface area contributed by atoms with Crippen molar-refractivity contribution in [3.8, 4) is 0 Å². The Kier molecular flexibility index (Phi) is 4.62. The fourth-order valence-electron chi connectivity index (χ4n) is 3.06. The number of hydrogen-bond donors (Lipinski definition) is 1. The van der Waals surface area contributed by atoms with Gasteiger partial charge in [-0.25, -0.2) is 0 Å². The molecule has 2 aliphatic rings. The summed E-state index contributed by atoms with van der Waals surface area (Å²) < 4.78 is 5.81. The zero-order valence-corrected chi connectivity index (χ0v) is 10.5. The van der Waals surface area contributed by atoms with Crippen molar-refractivity contribution in [2.24, 2.45) is 11.7 Å². The highest BCUT2D eigenvalue weighted by Crippen LogP contribution is 2.23. The quantitative estimate of drug-likeness (QED) is 0.794. The summed E-state index contributed by atoms with van der Waals surface area (Å²) in [6.07, 6.45) is 6.84. The van der Waals surface area contributed by atoms with Crippen molar-refractivity contribution < 1.29 is 4.74 Å². The molecule has 0 radical (unpaired) electrons. The molecule has 94 valence electrons. The van der Waals surface area contributed by atoms with Crippen molar-refractivity contribution in [1.82, 2.24) is 4.90 Å². The van der Waals surface area contributed by atoms with E-state index in [4.69, 9.17) is 10.5 Å². The molecular weight excluding hydrogens is 200 g/mol. The number of likely N-dealkylation sites (tertiary alicyclic amines) is 1. The number of nitrogens with zero attached hydrogens (tertiary/aromatic N) is 1. The van der Waals surface area contributed by atoms with Crippen LogP contribution in [0.2, 0.25) is 0 Å². The molecule has 0 aliphatic carbocycles. The van der Waals surface area contributed by atoms with Crippen molar-refractivity contribution in [2.45, 2.75) is 51.2 Å². The van der Waals surface area contributed by atoms with Crippen LogP contribution >= 0.6 is 0 Å². The fourth-order valence-corrected chi connectivity index (χ4v) is 3.06. The minimum atomic E-state index is 0.401. The van der Waals surface area contributed by atoms with E-state index in [-0.39, 0.29) is 0 Å². The Bertz CT molecular complexity index is 204. The molecule has 2 aliphatic heterocycles. The molecule has 0 aromatic rings. The molecule has 0 saturated carbocycles. The highest BCUT2D eigenvalue weighted by molar-refractivity contribution is 4.85. The van der Waals surface area contributed by atoms with Crippen LogP contribution in [0.15, 0.2) is 0 Å². The Morgan fingerprint density at radius 1 is 1.25 bits per heavy atom. The summed E-state index contributed by atoms with van der Waals surface area (Å²) in [5.41, 5.74) is 5.95. The third-order valence-electron chi connectivity index (χ3n) is 4.16. The fraction of sp³-hybridized carbons (Fsp3) is 1.00. The van der Waals surface area contributed by atoms with Crippen molar-refractivity contribution in [3.05, 3.63) is 0 Å². The van der Waals surface area contributed by atoms with Gasteiger partial charge >= 0.3 is 0 Å². The van der Waals surface area contributed by atoms with E-state index in [2.05, 4.69) is 11.8 Å². The number of nitrogens with two attached hydrogens (primary N) is 1. The van der Waals surface area contributed by atoms with Gasteiger partial charge in [0.2, 0.25) is 0 Å². The number of rotatable bonds is 3. The van der Waals surface area contributed by atoms with Crippen LogP contribution in [0.4, 0.5) is 0 Å². The maximum atomic E-state index is 5.95. The number of hydrogen-bond acceptors (Lipinski definition) is 3. The van der Waals surface area contributed by atoms with E-state index in [0.717, 1.165) is 19.1 Å². The highest BCUT2D eigenvalue weighted by Gasteiger charge is 2.30. The van der Waals surface area contributed by atoms with Crippen LogP contribution in [0.5, 0.6) is 0 Å². The lowest BCUT2D eigenvalue weighted by molar-refractivity contribution is 0.0281. The van der Waals surface area contributed by atoms with Gasteiger partial charge in [0.15, 0.2) is 0 Å². The molecular formula is C13H26N2O. The van der Waals surface area contributed by atoms with Crippen LogP contribution in [-0.2, 0) is 4.74 Å². The molecule has 0 amide bonds. The Morgan fingerprint density at radius 2 is 2.12 bits per heavy atom. The molecule has 2 fully saturated rings. The van der Waals surface area contributed by atoms with E-state index in [1.165, 1.54) is 45.2 Å². The van der Waals surface area contributed by atoms with Crippen LogP contribution in [0, 0.1) is 5.92 Å². The van der Waals surface area contributed by atoms with Gasteiger partial charge in [0.25, 0.3) is 0 Å². The normalized spacial score (nSPS) is 34.9. The lowest BCUT2D eigenvalue weighted by atomic mass is 10.0. The van der Waals surface area contributed by atoms with Gasteiger partial charge in [-0.3, -0.25) is 4.90 Å². The molecule has 3 heteroatoms. The SMILES string of the molecule is CC1CCCN(C(CN)C2CCCO2)CC1. The largest absolute Gasteiger partial charge is 0.377 e.